The number of benzene rings is 1. The second-order valence-corrected chi connectivity index (χ2v) is 5.84. The lowest BCUT2D eigenvalue weighted by Crippen LogP contribution is -2.19. The van der Waals surface area contributed by atoms with Crippen LogP contribution in [0.1, 0.15) is 30.1 Å². The molecule has 0 spiro atoms. The van der Waals surface area contributed by atoms with Crippen LogP contribution in [0.25, 0.3) is 0 Å². The Morgan fingerprint density at radius 2 is 2.15 bits per heavy atom. The summed E-state index contributed by atoms with van der Waals surface area (Å²) < 4.78 is 5.23. The summed E-state index contributed by atoms with van der Waals surface area (Å²) >= 11 is 12.0. The maximum atomic E-state index is 6.13. The third kappa shape index (κ3) is 3.72. The summed E-state index contributed by atoms with van der Waals surface area (Å²) in [5.41, 5.74) is 0.944. The zero-order valence-electron chi connectivity index (χ0n) is 10.9. The number of aromatic nitrogens is 2. The molecule has 1 aromatic heterocycles. The molecule has 106 valence electrons. The van der Waals surface area contributed by atoms with Gasteiger partial charge >= 0.3 is 0 Å². The van der Waals surface area contributed by atoms with Gasteiger partial charge in [-0.15, -0.1) is 0 Å². The van der Waals surface area contributed by atoms with Gasteiger partial charge in [0.15, 0.2) is 5.82 Å². The van der Waals surface area contributed by atoms with Gasteiger partial charge in [0.1, 0.15) is 0 Å². The third-order valence-corrected chi connectivity index (χ3v) is 3.81. The van der Waals surface area contributed by atoms with Gasteiger partial charge in [0, 0.05) is 35.5 Å². The van der Waals surface area contributed by atoms with Crippen molar-refractivity contribution in [2.75, 3.05) is 6.54 Å². The van der Waals surface area contributed by atoms with Gasteiger partial charge in [-0.3, -0.25) is 0 Å². The van der Waals surface area contributed by atoms with Gasteiger partial charge in [0.2, 0.25) is 5.89 Å². The first-order valence-corrected chi connectivity index (χ1v) is 7.45. The SMILES string of the molecule is Clc1ccc(Cc2noc(CCNC3CC3)n2)c(Cl)c1. The summed E-state index contributed by atoms with van der Waals surface area (Å²) in [6.45, 7) is 0.883. The Labute approximate surface area is 127 Å². The zero-order chi connectivity index (χ0) is 13.9. The van der Waals surface area contributed by atoms with Crippen molar-refractivity contribution in [1.82, 2.24) is 15.5 Å². The van der Waals surface area contributed by atoms with E-state index in [4.69, 9.17) is 27.7 Å². The van der Waals surface area contributed by atoms with E-state index >= 15 is 0 Å². The Balaban J connectivity index is 1.58. The average molecular weight is 312 g/mol. The summed E-state index contributed by atoms with van der Waals surface area (Å²) in [5, 5.41) is 8.65. The van der Waals surface area contributed by atoms with Crippen LogP contribution in [-0.4, -0.2) is 22.7 Å². The highest BCUT2D eigenvalue weighted by Crippen LogP contribution is 2.22. The molecule has 1 aliphatic carbocycles. The number of nitrogens with zero attached hydrogens (tertiary/aromatic N) is 2. The first-order chi connectivity index (χ1) is 9.70. The van der Waals surface area contributed by atoms with Gasteiger partial charge < -0.3 is 9.84 Å². The fraction of sp³-hybridized carbons (Fsp3) is 0.429. The molecule has 0 aliphatic heterocycles. The fourth-order valence-corrected chi connectivity index (χ4v) is 2.44. The van der Waals surface area contributed by atoms with Gasteiger partial charge in [-0.25, -0.2) is 0 Å². The van der Waals surface area contributed by atoms with Crippen LogP contribution in [0.15, 0.2) is 22.7 Å². The smallest absolute Gasteiger partial charge is 0.227 e. The third-order valence-electron chi connectivity index (χ3n) is 3.22. The van der Waals surface area contributed by atoms with E-state index in [0.717, 1.165) is 18.5 Å². The average Bonchev–Trinajstić information content (AvgIpc) is 3.12. The van der Waals surface area contributed by atoms with Crippen LogP contribution in [0.5, 0.6) is 0 Å². The second kappa shape index (κ2) is 6.12. The van der Waals surface area contributed by atoms with Crippen molar-refractivity contribution in [3.63, 3.8) is 0 Å². The van der Waals surface area contributed by atoms with Crippen LogP contribution in [0.3, 0.4) is 0 Å². The van der Waals surface area contributed by atoms with Crippen molar-refractivity contribution < 1.29 is 4.52 Å². The summed E-state index contributed by atoms with van der Waals surface area (Å²) in [5.74, 6) is 1.31. The van der Waals surface area contributed by atoms with E-state index in [1.807, 2.05) is 12.1 Å². The lowest BCUT2D eigenvalue weighted by molar-refractivity contribution is 0.371. The van der Waals surface area contributed by atoms with Gasteiger partial charge in [-0.05, 0) is 30.5 Å². The molecule has 6 heteroatoms. The van der Waals surface area contributed by atoms with Gasteiger partial charge in [0.05, 0.1) is 0 Å². The highest BCUT2D eigenvalue weighted by Gasteiger charge is 2.20. The van der Waals surface area contributed by atoms with Crippen LogP contribution >= 0.6 is 23.2 Å². The number of hydrogen-bond donors (Lipinski definition) is 1. The van der Waals surface area contributed by atoms with E-state index in [2.05, 4.69) is 15.5 Å². The molecule has 0 unspecified atom stereocenters. The molecule has 1 aromatic carbocycles. The van der Waals surface area contributed by atoms with E-state index in [9.17, 15) is 0 Å². The highest BCUT2D eigenvalue weighted by atomic mass is 35.5. The lowest BCUT2D eigenvalue weighted by Gasteiger charge is -2.01. The molecule has 1 aliphatic rings. The van der Waals surface area contributed by atoms with Crippen molar-refractivity contribution in [1.29, 1.82) is 0 Å². The summed E-state index contributed by atoms with van der Waals surface area (Å²) in [6, 6.07) is 6.11. The quantitative estimate of drug-likeness (QED) is 0.889. The van der Waals surface area contributed by atoms with Crippen molar-refractivity contribution in [3.8, 4) is 0 Å². The largest absolute Gasteiger partial charge is 0.339 e. The molecule has 1 saturated carbocycles. The summed E-state index contributed by atoms with van der Waals surface area (Å²) in [7, 11) is 0. The number of rotatable bonds is 6. The number of halogens is 2. The molecule has 1 heterocycles. The topological polar surface area (TPSA) is 51.0 Å². The maximum Gasteiger partial charge on any atom is 0.227 e. The Morgan fingerprint density at radius 3 is 2.90 bits per heavy atom. The first kappa shape index (κ1) is 13.9. The zero-order valence-corrected chi connectivity index (χ0v) is 12.4. The summed E-state index contributed by atoms with van der Waals surface area (Å²) in [4.78, 5) is 4.38. The van der Waals surface area contributed by atoms with Crippen LogP contribution in [0.4, 0.5) is 0 Å². The molecule has 0 saturated heterocycles. The Hall–Kier alpha value is -1.10. The minimum Gasteiger partial charge on any atom is -0.339 e. The predicted molar refractivity (Wildman–Crippen MR) is 78.3 cm³/mol. The molecule has 1 N–H and O–H groups in total. The molecule has 1 fully saturated rings. The molecule has 0 amide bonds. The molecule has 20 heavy (non-hydrogen) atoms. The van der Waals surface area contributed by atoms with Gasteiger partial charge in [0.25, 0.3) is 0 Å². The van der Waals surface area contributed by atoms with E-state index in [1.54, 1.807) is 6.07 Å². The van der Waals surface area contributed by atoms with Crippen molar-refractivity contribution in [2.24, 2.45) is 0 Å². The number of hydrogen-bond acceptors (Lipinski definition) is 4. The first-order valence-electron chi connectivity index (χ1n) is 6.69. The molecular weight excluding hydrogens is 297 g/mol. The fourth-order valence-electron chi connectivity index (χ4n) is 1.97. The Kier molecular flexibility index (Phi) is 4.24. The van der Waals surface area contributed by atoms with Crippen molar-refractivity contribution >= 4 is 23.2 Å². The van der Waals surface area contributed by atoms with Crippen LogP contribution in [0.2, 0.25) is 10.0 Å². The molecule has 3 rings (SSSR count). The molecule has 0 bridgehead atoms. The lowest BCUT2D eigenvalue weighted by atomic mass is 10.1. The normalized spacial score (nSPS) is 14.7. The van der Waals surface area contributed by atoms with Gasteiger partial charge in [-0.2, -0.15) is 4.98 Å². The maximum absolute atomic E-state index is 6.13. The monoisotopic (exact) mass is 311 g/mol. The van der Waals surface area contributed by atoms with Crippen LogP contribution in [-0.2, 0) is 12.8 Å². The molecule has 0 radical (unpaired) electrons. The second-order valence-electron chi connectivity index (χ2n) is 5.00. The van der Waals surface area contributed by atoms with E-state index in [-0.39, 0.29) is 0 Å². The van der Waals surface area contributed by atoms with Crippen molar-refractivity contribution in [3.05, 3.63) is 45.5 Å². The highest BCUT2D eigenvalue weighted by molar-refractivity contribution is 6.35. The van der Waals surface area contributed by atoms with E-state index in [1.165, 1.54) is 12.8 Å². The van der Waals surface area contributed by atoms with E-state index in [0.29, 0.717) is 34.2 Å². The van der Waals surface area contributed by atoms with E-state index < -0.39 is 0 Å². The van der Waals surface area contributed by atoms with Crippen LogP contribution in [0, 0.1) is 0 Å². The standard InChI is InChI=1S/C14H15Cl2N3O/c15-10-2-1-9(12(16)8-10)7-13-18-14(20-19-13)5-6-17-11-3-4-11/h1-2,8,11,17H,3-7H2. The minimum atomic E-state index is 0.551. The molecule has 2 aromatic rings. The van der Waals surface area contributed by atoms with Crippen molar-refractivity contribution in [2.45, 2.75) is 31.7 Å². The molecular formula is C14H15Cl2N3O. The molecule has 0 atom stereocenters. The predicted octanol–water partition coefficient (Wildman–Crippen LogP) is 3.26. The Morgan fingerprint density at radius 1 is 1.30 bits per heavy atom. The Bertz CT molecular complexity index is 596. The van der Waals surface area contributed by atoms with Gasteiger partial charge in [-0.1, -0.05) is 34.4 Å². The minimum absolute atomic E-state index is 0.551. The van der Waals surface area contributed by atoms with Crippen LogP contribution < -0.4 is 5.32 Å². The summed E-state index contributed by atoms with van der Waals surface area (Å²) in [6.07, 6.45) is 3.88. The number of nitrogens with one attached hydrogen (secondary N) is 1. The molecule has 4 nitrogen and oxygen atoms in total.